The molecule has 3 aliphatic rings. The molecule has 1 aliphatic carbocycles. The Morgan fingerprint density at radius 3 is 2.42 bits per heavy atom. The van der Waals surface area contributed by atoms with Gasteiger partial charge < -0.3 is 24.6 Å². The number of nitrogens with zero attached hydrogens (tertiary/aromatic N) is 8. The van der Waals surface area contributed by atoms with E-state index in [1.165, 1.54) is 17.0 Å². The standard InChI is InChI=1S/C34H41F4N9O3/c1-19-18-49-15-14-45(19)27-17-25(41-31(42-27)46-26-9-6-21(35)16-24(26)40-30(46)39-22-7-8-22)28-20(2)43-47(29(28)34(36,37)38)23-10-12-44(13-11-23)32(48)50-33(3,4)5/h6,9,16-17,19,22-23H,7-8,10-15,18H2,1-5H3,(H,39,40)/t19-/m1/s1. The number of benzene rings is 1. The highest BCUT2D eigenvalue weighted by atomic mass is 19.4. The summed E-state index contributed by atoms with van der Waals surface area (Å²) in [5.41, 5.74) is -0.670. The maximum atomic E-state index is 15.2. The Balaban J connectivity index is 1.34. The van der Waals surface area contributed by atoms with Crippen molar-refractivity contribution in [3.8, 4) is 17.2 Å². The van der Waals surface area contributed by atoms with Crippen molar-refractivity contribution >= 4 is 28.9 Å². The van der Waals surface area contributed by atoms with Crippen LogP contribution in [-0.4, -0.2) is 90.8 Å². The van der Waals surface area contributed by atoms with Crippen molar-refractivity contribution in [2.45, 2.75) is 90.2 Å². The van der Waals surface area contributed by atoms with Crippen LogP contribution in [-0.2, 0) is 15.7 Å². The Morgan fingerprint density at radius 2 is 1.76 bits per heavy atom. The molecule has 4 aromatic rings. The zero-order valence-corrected chi connectivity index (χ0v) is 28.7. The van der Waals surface area contributed by atoms with Crippen molar-refractivity contribution in [3.63, 3.8) is 0 Å². The van der Waals surface area contributed by atoms with Gasteiger partial charge in [-0.15, -0.1) is 0 Å². The van der Waals surface area contributed by atoms with Gasteiger partial charge in [0, 0.05) is 37.8 Å². The number of hydrogen-bond acceptors (Lipinski definition) is 9. The average Bonchev–Trinajstić information content (AvgIpc) is 3.68. The molecule has 1 N–H and O–H groups in total. The largest absolute Gasteiger partial charge is 0.444 e. The number of anilines is 2. The summed E-state index contributed by atoms with van der Waals surface area (Å²) in [6.07, 6.45) is -2.88. The maximum absolute atomic E-state index is 15.2. The topological polar surface area (TPSA) is 115 Å². The number of likely N-dealkylation sites (tertiary alicyclic amines) is 1. The highest BCUT2D eigenvalue weighted by Gasteiger charge is 2.43. The van der Waals surface area contributed by atoms with Crippen molar-refractivity contribution < 1.29 is 31.8 Å². The Hall–Kier alpha value is -4.47. The van der Waals surface area contributed by atoms with Gasteiger partial charge in [0.25, 0.3) is 0 Å². The van der Waals surface area contributed by atoms with Crippen LogP contribution >= 0.6 is 0 Å². The summed E-state index contributed by atoms with van der Waals surface area (Å²) >= 11 is 0. The molecule has 0 radical (unpaired) electrons. The molecule has 3 aromatic heterocycles. The third-order valence-electron chi connectivity index (χ3n) is 9.16. The highest BCUT2D eigenvalue weighted by molar-refractivity contribution is 5.81. The number of amides is 1. The van der Waals surface area contributed by atoms with Gasteiger partial charge in [-0.25, -0.2) is 23.7 Å². The smallest absolute Gasteiger partial charge is 0.433 e. The summed E-state index contributed by atoms with van der Waals surface area (Å²) in [6, 6.07) is 5.20. The highest BCUT2D eigenvalue weighted by Crippen LogP contribution is 2.42. The Labute approximate surface area is 286 Å². The molecule has 0 bridgehead atoms. The number of morpholine rings is 1. The summed E-state index contributed by atoms with van der Waals surface area (Å²) in [5.74, 6) is 0.436. The molecule has 0 spiro atoms. The van der Waals surface area contributed by atoms with E-state index in [4.69, 9.17) is 19.4 Å². The van der Waals surface area contributed by atoms with Crippen LogP contribution in [0.3, 0.4) is 0 Å². The van der Waals surface area contributed by atoms with E-state index >= 15 is 13.2 Å². The van der Waals surface area contributed by atoms with E-state index in [1.807, 2.05) is 11.8 Å². The zero-order chi connectivity index (χ0) is 35.5. The number of carbonyl (C=O) groups is 1. The molecule has 1 amide bonds. The lowest BCUT2D eigenvalue weighted by Crippen LogP contribution is -2.44. The number of imidazole rings is 1. The molecule has 2 aliphatic heterocycles. The molecule has 1 atom stereocenters. The summed E-state index contributed by atoms with van der Waals surface area (Å²) in [5, 5.41) is 7.83. The minimum atomic E-state index is -4.78. The quantitative estimate of drug-likeness (QED) is 0.225. The molecule has 5 heterocycles. The second-order valence-corrected chi connectivity index (χ2v) is 14.3. The minimum absolute atomic E-state index is 0.0484. The first-order chi connectivity index (χ1) is 23.7. The average molecular weight is 700 g/mol. The van der Waals surface area contributed by atoms with Crippen LogP contribution in [0.25, 0.3) is 28.2 Å². The lowest BCUT2D eigenvalue weighted by atomic mass is 10.0. The van der Waals surface area contributed by atoms with Gasteiger partial charge in [-0.2, -0.15) is 23.3 Å². The number of carbonyl (C=O) groups excluding carboxylic acids is 1. The van der Waals surface area contributed by atoms with E-state index < -0.39 is 35.4 Å². The monoisotopic (exact) mass is 699 g/mol. The normalized spacial score (nSPS) is 19.3. The van der Waals surface area contributed by atoms with Crippen LogP contribution in [0.5, 0.6) is 0 Å². The van der Waals surface area contributed by atoms with E-state index in [-0.39, 0.29) is 60.9 Å². The van der Waals surface area contributed by atoms with E-state index in [1.54, 1.807) is 44.4 Å². The van der Waals surface area contributed by atoms with Crippen LogP contribution in [0, 0.1) is 12.7 Å². The van der Waals surface area contributed by atoms with Crippen molar-refractivity contribution in [1.82, 2.24) is 34.2 Å². The molecule has 1 saturated carbocycles. The van der Waals surface area contributed by atoms with Crippen molar-refractivity contribution in [2.24, 2.45) is 0 Å². The molecule has 16 heteroatoms. The third kappa shape index (κ3) is 6.81. The second kappa shape index (κ2) is 12.7. The summed E-state index contributed by atoms with van der Waals surface area (Å²) in [7, 11) is 0. The number of hydrogen-bond donors (Lipinski definition) is 1. The first kappa shape index (κ1) is 34.0. The van der Waals surface area contributed by atoms with Gasteiger partial charge in [-0.05, 0) is 72.4 Å². The number of alkyl halides is 3. The van der Waals surface area contributed by atoms with Crippen LogP contribution in [0.2, 0.25) is 0 Å². The molecule has 1 aromatic carbocycles. The summed E-state index contributed by atoms with van der Waals surface area (Å²) in [4.78, 5) is 30.5. The van der Waals surface area contributed by atoms with Gasteiger partial charge in [-0.1, -0.05) is 0 Å². The number of fused-ring (bicyclic) bond motifs is 1. The lowest BCUT2D eigenvalue weighted by Gasteiger charge is -2.34. The molecule has 7 rings (SSSR count). The van der Waals surface area contributed by atoms with Crippen LogP contribution in [0.1, 0.15) is 70.8 Å². The van der Waals surface area contributed by atoms with Crippen molar-refractivity contribution in [3.05, 3.63) is 41.5 Å². The molecule has 3 fully saturated rings. The predicted molar refractivity (Wildman–Crippen MR) is 178 cm³/mol. The van der Waals surface area contributed by atoms with Gasteiger partial charge in [-0.3, -0.25) is 4.68 Å². The van der Waals surface area contributed by atoms with Crippen molar-refractivity contribution in [1.29, 1.82) is 0 Å². The Kier molecular flexibility index (Phi) is 8.63. The number of ether oxygens (including phenoxy) is 2. The van der Waals surface area contributed by atoms with Gasteiger partial charge in [0.1, 0.15) is 17.2 Å². The number of piperidine rings is 1. The van der Waals surface area contributed by atoms with Gasteiger partial charge in [0.2, 0.25) is 11.9 Å². The molecule has 2 saturated heterocycles. The first-order valence-corrected chi connectivity index (χ1v) is 17.0. The Bertz CT molecular complexity index is 1910. The second-order valence-electron chi connectivity index (χ2n) is 14.3. The fraction of sp³-hybridized carbons (Fsp3) is 0.559. The van der Waals surface area contributed by atoms with Crippen LogP contribution in [0.15, 0.2) is 24.3 Å². The van der Waals surface area contributed by atoms with Crippen LogP contribution < -0.4 is 10.2 Å². The first-order valence-electron chi connectivity index (χ1n) is 17.0. The van der Waals surface area contributed by atoms with Gasteiger partial charge in [0.05, 0.1) is 53.3 Å². The maximum Gasteiger partial charge on any atom is 0.433 e. The molecule has 0 unspecified atom stereocenters. The molecule has 50 heavy (non-hydrogen) atoms. The lowest BCUT2D eigenvalue weighted by molar-refractivity contribution is -0.144. The number of rotatable bonds is 6. The molecular formula is C34H41F4N9O3. The number of aryl methyl sites for hydroxylation is 1. The zero-order valence-electron chi connectivity index (χ0n) is 28.7. The van der Waals surface area contributed by atoms with E-state index in [0.29, 0.717) is 42.6 Å². The fourth-order valence-electron chi connectivity index (χ4n) is 6.64. The van der Waals surface area contributed by atoms with Crippen molar-refractivity contribution in [2.75, 3.05) is 43.1 Å². The Morgan fingerprint density at radius 1 is 1.02 bits per heavy atom. The van der Waals surface area contributed by atoms with Crippen LogP contribution in [0.4, 0.5) is 34.1 Å². The number of nitrogens with one attached hydrogen (secondary N) is 1. The molecule has 12 nitrogen and oxygen atoms in total. The molecular weight excluding hydrogens is 658 g/mol. The summed E-state index contributed by atoms with van der Waals surface area (Å²) in [6.45, 7) is 10.6. The number of halogens is 4. The minimum Gasteiger partial charge on any atom is -0.444 e. The van der Waals surface area contributed by atoms with E-state index in [0.717, 1.165) is 17.5 Å². The summed E-state index contributed by atoms with van der Waals surface area (Å²) < 4.78 is 73.8. The fourth-order valence-corrected chi connectivity index (χ4v) is 6.64. The van der Waals surface area contributed by atoms with E-state index in [2.05, 4.69) is 15.4 Å². The van der Waals surface area contributed by atoms with Gasteiger partial charge >= 0.3 is 12.3 Å². The predicted octanol–water partition coefficient (Wildman–Crippen LogP) is 6.52. The van der Waals surface area contributed by atoms with Gasteiger partial charge in [0.15, 0.2) is 5.69 Å². The SMILES string of the molecule is Cc1nn(C2CCN(C(=O)OC(C)(C)C)CC2)c(C(F)(F)F)c1-c1cc(N2CCOC[C@H]2C)nc(-n2c(NC3CC3)nc3cc(F)ccc32)n1. The van der Waals surface area contributed by atoms with E-state index in [9.17, 15) is 9.18 Å². The molecule has 268 valence electrons. The number of aromatic nitrogens is 6. The third-order valence-corrected chi connectivity index (χ3v) is 9.16.